The number of hydrogen-bond acceptors (Lipinski definition) is 1. The Labute approximate surface area is 125 Å². The van der Waals surface area contributed by atoms with E-state index in [0.29, 0.717) is 0 Å². The topological polar surface area (TPSA) is 12.0 Å². The molecule has 2 fully saturated rings. The second kappa shape index (κ2) is 7.11. The van der Waals surface area contributed by atoms with Crippen molar-refractivity contribution in [2.24, 2.45) is 17.8 Å². The third-order valence-corrected chi connectivity index (χ3v) is 6.06. The first-order valence-electron chi connectivity index (χ1n) is 9.30. The van der Waals surface area contributed by atoms with Crippen molar-refractivity contribution in [2.75, 3.05) is 6.54 Å². The fourth-order valence-corrected chi connectivity index (χ4v) is 5.06. The molecule has 0 heterocycles. The molecule has 0 spiro atoms. The molecule has 0 aromatic heterocycles. The van der Waals surface area contributed by atoms with Gasteiger partial charge in [0.25, 0.3) is 0 Å². The summed E-state index contributed by atoms with van der Waals surface area (Å²) in [5.74, 6) is 3.08. The van der Waals surface area contributed by atoms with Gasteiger partial charge < -0.3 is 5.32 Å². The summed E-state index contributed by atoms with van der Waals surface area (Å²) in [6.07, 6.45) is 18.5. The van der Waals surface area contributed by atoms with Gasteiger partial charge in [0.1, 0.15) is 0 Å². The number of allylic oxidation sites excluding steroid dienone is 1. The van der Waals surface area contributed by atoms with Gasteiger partial charge in [0.2, 0.25) is 0 Å². The third kappa shape index (κ3) is 3.30. The van der Waals surface area contributed by atoms with Gasteiger partial charge in [-0.3, -0.25) is 0 Å². The molecule has 0 amide bonds. The second-order valence-electron chi connectivity index (χ2n) is 7.50. The minimum Gasteiger partial charge on any atom is -0.310 e. The summed E-state index contributed by atoms with van der Waals surface area (Å²) in [6, 6.07) is 0.725. The molecule has 1 heteroatoms. The van der Waals surface area contributed by atoms with Crippen LogP contribution in [0.25, 0.3) is 0 Å². The molecule has 0 radical (unpaired) electrons. The molecule has 1 nitrogen and oxygen atoms in total. The van der Waals surface area contributed by atoms with Crippen LogP contribution in [-0.4, -0.2) is 12.6 Å². The van der Waals surface area contributed by atoms with E-state index in [1.165, 1.54) is 70.8 Å². The number of hydrogen-bond donors (Lipinski definition) is 1. The largest absolute Gasteiger partial charge is 0.310 e. The normalized spacial score (nSPS) is 35.5. The molecule has 0 aliphatic heterocycles. The van der Waals surface area contributed by atoms with Crippen LogP contribution >= 0.6 is 0 Å². The molecule has 1 N–H and O–H groups in total. The summed E-state index contributed by atoms with van der Waals surface area (Å²) in [6.45, 7) is 3.51. The zero-order valence-electron chi connectivity index (χ0n) is 13.4. The molecule has 0 aromatic carbocycles. The van der Waals surface area contributed by atoms with Gasteiger partial charge in [-0.25, -0.2) is 0 Å². The van der Waals surface area contributed by atoms with E-state index in [9.17, 15) is 0 Å². The first-order valence-corrected chi connectivity index (χ1v) is 9.30. The average Bonchev–Trinajstić information content (AvgIpc) is 3.03. The van der Waals surface area contributed by atoms with E-state index in [2.05, 4.69) is 18.3 Å². The van der Waals surface area contributed by atoms with Crippen LogP contribution in [0, 0.1) is 17.8 Å². The zero-order chi connectivity index (χ0) is 13.8. The summed E-state index contributed by atoms with van der Waals surface area (Å²) in [5, 5.41) is 3.95. The van der Waals surface area contributed by atoms with Gasteiger partial charge in [0.05, 0.1) is 0 Å². The molecular weight excluding hydrogens is 242 g/mol. The first-order chi connectivity index (χ1) is 9.88. The van der Waals surface area contributed by atoms with Crippen molar-refractivity contribution in [3.05, 3.63) is 11.6 Å². The lowest BCUT2D eigenvalue weighted by molar-refractivity contribution is 0.266. The van der Waals surface area contributed by atoms with E-state index in [-0.39, 0.29) is 0 Å². The molecule has 4 atom stereocenters. The zero-order valence-corrected chi connectivity index (χ0v) is 13.4. The Bertz CT molecular complexity index is 333. The molecule has 0 saturated heterocycles. The minimum absolute atomic E-state index is 0.725. The van der Waals surface area contributed by atoms with Crippen LogP contribution in [0.1, 0.15) is 77.6 Å². The molecule has 114 valence electrons. The van der Waals surface area contributed by atoms with Crippen LogP contribution in [0.15, 0.2) is 11.6 Å². The molecule has 0 aromatic rings. The summed E-state index contributed by atoms with van der Waals surface area (Å²) in [7, 11) is 0. The Morgan fingerprint density at radius 3 is 2.80 bits per heavy atom. The van der Waals surface area contributed by atoms with Crippen LogP contribution < -0.4 is 5.32 Å². The summed E-state index contributed by atoms with van der Waals surface area (Å²) >= 11 is 0. The molecule has 4 unspecified atom stereocenters. The van der Waals surface area contributed by atoms with Crippen LogP contribution in [0.5, 0.6) is 0 Å². The van der Waals surface area contributed by atoms with Gasteiger partial charge in [0.15, 0.2) is 0 Å². The van der Waals surface area contributed by atoms with Gasteiger partial charge in [-0.1, -0.05) is 37.8 Å². The van der Waals surface area contributed by atoms with E-state index in [0.717, 1.165) is 23.8 Å². The first kappa shape index (κ1) is 14.6. The third-order valence-electron chi connectivity index (χ3n) is 6.06. The highest BCUT2D eigenvalue weighted by atomic mass is 14.9. The number of fused-ring (bicyclic) bond motifs is 2. The SMILES string of the molecule is CCCNC(C1=CCCCCCC1)C1CC2CCC1C2. The monoisotopic (exact) mass is 275 g/mol. The Morgan fingerprint density at radius 1 is 1.15 bits per heavy atom. The Hall–Kier alpha value is -0.300. The maximum atomic E-state index is 3.95. The van der Waals surface area contributed by atoms with Crippen LogP contribution in [0.3, 0.4) is 0 Å². The van der Waals surface area contributed by atoms with Crippen molar-refractivity contribution in [1.82, 2.24) is 5.32 Å². The van der Waals surface area contributed by atoms with E-state index >= 15 is 0 Å². The second-order valence-corrected chi connectivity index (χ2v) is 7.50. The molecule has 2 bridgehead atoms. The van der Waals surface area contributed by atoms with E-state index in [1.807, 2.05) is 0 Å². The van der Waals surface area contributed by atoms with E-state index in [1.54, 1.807) is 12.0 Å². The molecule has 20 heavy (non-hydrogen) atoms. The van der Waals surface area contributed by atoms with E-state index < -0.39 is 0 Å². The Morgan fingerprint density at radius 2 is 2.05 bits per heavy atom. The predicted molar refractivity (Wildman–Crippen MR) is 86.8 cm³/mol. The van der Waals surface area contributed by atoms with Gasteiger partial charge in [-0.2, -0.15) is 0 Å². The average molecular weight is 275 g/mol. The molecule has 3 aliphatic carbocycles. The molecule has 3 aliphatic rings. The van der Waals surface area contributed by atoms with Crippen molar-refractivity contribution in [2.45, 2.75) is 83.6 Å². The summed E-state index contributed by atoms with van der Waals surface area (Å²) in [5.41, 5.74) is 1.79. The van der Waals surface area contributed by atoms with Gasteiger partial charge in [-0.05, 0) is 75.7 Å². The van der Waals surface area contributed by atoms with Gasteiger partial charge >= 0.3 is 0 Å². The standard InChI is InChI=1S/C19H33N/c1-2-12-20-19(16-8-6-4-3-5-7-9-16)18-14-15-10-11-17(18)13-15/h8,15,17-20H,2-7,9-14H2,1H3. The van der Waals surface area contributed by atoms with Crippen LogP contribution in [0.2, 0.25) is 0 Å². The van der Waals surface area contributed by atoms with Crippen LogP contribution in [0.4, 0.5) is 0 Å². The Balaban J connectivity index is 1.71. The van der Waals surface area contributed by atoms with Gasteiger partial charge in [0, 0.05) is 6.04 Å². The van der Waals surface area contributed by atoms with Crippen molar-refractivity contribution in [3.63, 3.8) is 0 Å². The maximum absolute atomic E-state index is 3.95. The lowest BCUT2D eigenvalue weighted by Crippen LogP contribution is -2.40. The van der Waals surface area contributed by atoms with Crippen molar-refractivity contribution in [3.8, 4) is 0 Å². The molecular formula is C19H33N. The quantitative estimate of drug-likeness (QED) is 0.691. The highest BCUT2D eigenvalue weighted by Gasteiger charge is 2.43. The lowest BCUT2D eigenvalue weighted by Gasteiger charge is -2.34. The number of rotatable bonds is 5. The van der Waals surface area contributed by atoms with Crippen LogP contribution in [-0.2, 0) is 0 Å². The highest BCUT2D eigenvalue weighted by molar-refractivity contribution is 5.16. The fraction of sp³-hybridized carbons (Fsp3) is 0.895. The maximum Gasteiger partial charge on any atom is 0.0310 e. The molecule has 3 rings (SSSR count). The predicted octanol–water partition coefficient (Wildman–Crippen LogP) is 5.07. The smallest absolute Gasteiger partial charge is 0.0310 e. The summed E-state index contributed by atoms with van der Waals surface area (Å²) in [4.78, 5) is 0. The lowest BCUT2D eigenvalue weighted by atomic mass is 9.78. The molecule has 2 saturated carbocycles. The van der Waals surface area contributed by atoms with E-state index in [4.69, 9.17) is 0 Å². The fourth-order valence-electron chi connectivity index (χ4n) is 5.06. The minimum atomic E-state index is 0.725. The Kier molecular flexibility index (Phi) is 5.20. The highest BCUT2D eigenvalue weighted by Crippen LogP contribution is 2.50. The summed E-state index contributed by atoms with van der Waals surface area (Å²) < 4.78 is 0. The van der Waals surface area contributed by atoms with Crippen molar-refractivity contribution in [1.29, 1.82) is 0 Å². The number of nitrogens with one attached hydrogen (secondary N) is 1. The van der Waals surface area contributed by atoms with Crippen molar-refractivity contribution < 1.29 is 0 Å². The van der Waals surface area contributed by atoms with Gasteiger partial charge in [-0.15, -0.1) is 0 Å². The van der Waals surface area contributed by atoms with Crippen molar-refractivity contribution >= 4 is 0 Å².